The van der Waals surface area contributed by atoms with Crippen LogP contribution in [0.25, 0.3) is 11.4 Å². The molecule has 0 saturated heterocycles. The highest BCUT2D eigenvalue weighted by molar-refractivity contribution is 6.00. The van der Waals surface area contributed by atoms with Crippen molar-refractivity contribution >= 4 is 29.3 Å². The SMILES string of the molecule is CCC(=O)ONC(=O)c1c[nH]c(-c2cc(Oc3ccc(NC(=O)Nc4cccc(C)c4)c(F)c3)ccn2)c1. The van der Waals surface area contributed by atoms with Gasteiger partial charge < -0.3 is 25.2 Å². The molecule has 3 amide bonds. The van der Waals surface area contributed by atoms with Crippen molar-refractivity contribution in [3.05, 3.63) is 90.0 Å². The quantitative estimate of drug-likeness (QED) is 0.237. The zero-order valence-electron chi connectivity index (χ0n) is 20.5. The summed E-state index contributed by atoms with van der Waals surface area (Å²) in [5.74, 6) is -1.27. The van der Waals surface area contributed by atoms with Crippen LogP contribution < -0.4 is 20.9 Å². The first kappa shape index (κ1) is 25.9. The fraction of sp³-hybridized carbons (Fsp3) is 0.111. The number of carbonyl (C=O) groups excluding carboxylic acids is 3. The van der Waals surface area contributed by atoms with E-state index in [4.69, 9.17) is 4.74 Å². The van der Waals surface area contributed by atoms with Crippen LogP contribution in [0.3, 0.4) is 0 Å². The topological polar surface area (TPSA) is 134 Å². The largest absolute Gasteiger partial charge is 0.457 e. The standard InChI is InChI=1S/C27H24FN5O5/c1-3-25(34)38-33-26(35)17-12-23(30-15-17)24-14-20(9-10-29-24)37-19-7-8-22(21(28)13-19)32-27(36)31-18-6-4-5-16(2)11-18/h4-15,30H,3H2,1-2H3,(H,33,35)(H2,31,32,36). The van der Waals surface area contributed by atoms with Crippen LogP contribution in [0, 0.1) is 12.7 Å². The van der Waals surface area contributed by atoms with E-state index in [0.29, 0.717) is 22.8 Å². The van der Waals surface area contributed by atoms with Gasteiger partial charge in [0.15, 0.2) is 0 Å². The van der Waals surface area contributed by atoms with Crippen LogP contribution in [0.2, 0.25) is 0 Å². The summed E-state index contributed by atoms with van der Waals surface area (Å²) in [4.78, 5) is 47.4. The molecule has 0 atom stereocenters. The molecule has 0 unspecified atom stereocenters. The van der Waals surface area contributed by atoms with E-state index < -0.39 is 23.7 Å². The number of aromatic amines is 1. The highest BCUT2D eigenvalue weighted by Gasteiger charge is 2.13. The lowest BCUT2D eigenvalue weighted by Gasteiger charge is -2.11. The van der Waals surface area contributed by atoms with Crippen LogP contribution in [-0.2, 0) is 9.63 Å². The molecule has 0 saturated carbocycles. The zero-order valence-corrected chi connectivity index (χ0v) is 20.5. The molecular formula is C27H24FN5O5. The number of carbonyl (C=O) groups is 3. The Hall–Kier alpha value is -5.19. The molecule has 4 N–H and O–H groups in total. The Morgan fingerprint density at radius 1 is 1.00 bits per heavy atom. The van der Waals surface area contributed by atoms with Gasteiger partial charge in [-0.05, 0) is 48.9 Å². The molecule has 0 bridgehead atoms. The molecule has 0 fully saturated rings. The molecule has 0 radical (unpaired) electrons. The van der Waals surface area contributed by atoms with Crippen LogP contribution in [0.4, 0.5) is 20.6 Å². The molecule has 11 heteroatoms. The van der Waals surface area contributed by atoms with E-state index in [1.54, 1.807) is 37.3 Å². The third-order valence-corrected chi connectivity index (χ3v) is 5.20. The normalized spacial score (nSPS) is 10.4. The molecule has 2 aromatic heterocycles. The van der Waals surface area contributed by atoms with E-state index >= 15 is 0 Å². The number of ether oxygens (including phenoxy) is 1. The Morgan fingerprint density at radius 3 is 2.58 bits per heavy atom. The van der Waals surface area contributed by atoms with Gasteiger partial charge in [0.1, 0.15) is 17.3 Å². The average Bonchev–Trinajstić information content (AvgIpc) is 3.39. The highest BCUT2D eigenvalue weighted by atomic mass is 19.1. The number of halogens is 1. The number of amides is 3. The van der Waals surface area contributed by atoms with Crippen molar-refractivity contribution in [2.75, 3.05) is 10.6 Å². The molecule has 38 heavy (non-hydrogen) atoms. The van der Waals surface area contributed by atoms with Crippen LogP contribution in [0.15, 0.2) is 73.1 Å². The van der Waals surface area contributed by atoms with E-state index in [1.165, 1.54) is 30.6 Å². The molecule has 194 valence electrons. The van der Waals surface area contributed by atoms with Crippen LogP contribution in [0.1, 0.15) is 29.3 Å². The lowest BCUT2D eigenvalue weighted by atomic mass is 10.2. The summed E-state index contributed by atoms with van der Waals surface area (Å²) >= 11 is 0. The maximum Gasteiger partial charge on any atom is 0.331 e. The molecule has 0 aliphatic rings. The number of nitrogens with zero attached hydrogens (tertiary/aromatic N) is 1. The Morgan fingerprint density at radius 2 is 1.82 bits per heavy atom. The van der Waals surface area contributed by atoms with Crippen LogP contribution in [0.5, 0.6) is 11.5 Å². The zero-order chi connectivity index (χ0) is 27.1. The molecule has 4 rings (SSSR count). The van der Waals surface area contributed by atoms with Crippen molar-refractivity contribution in [3.63, 3.8) is 0 Å². The second-order valence-electron chi connectivity index (χ2n) is 8.13. The minimum atomic E-state index is -0.681. The first-order chi connectivity index (χ1) is 18.3. The third-order valence-electron chi connectivity index (χ3n) is 5.20. The Kier molecular flexibility index (Phi) is 7.97. The number of aryl methyl sites for hydroxylation is 1. The van der Waals surface area contributed by atoms with Gasteiger partial charge in [0.25, 0.3) is 5.91 Å². The van der Waals surface area contributed by atoms with E-state index in [9.17, 15) is 18.8 Å². The number of aromatic nitrogens is 2. The van der Waals surface area contributed by atoms with E-state index in [-0.39, 0.29) is 23.4 Å². The van der Waals surface area contributed by atoms with Gasteiger partial charge in [0, 0.05) is 36.6 Å². The number of anilines is 2. The van der Waals surface area contributed by atoms with Crippen LogP contribution >= 0.6 is 0 Å². The number of H-pyrrole nitrogens is 1. The number of urea groups is 1. The highest BCUT2D eigenvalue weighted by Crippen LogP contribution is 2.28. The van der Waals surface area contributed by atoms with Gasteiger partial charge in [-0.3, -0.25) is 9.78 Å². The van der Waals surface area contributed by atoms with E-state index in [2.05, 4.69) is 30.9 Å². The smallest absolute Gasteiger partial charge is 0.331 e. The molecule has 0 aliphatic heterocycles. The van der Waals surface area contributed by atoms with Gasteiger partial charge in [0.2, 0.25) is 0 Å². The lowest BCUT2D eigenvalue weighted by molar-refractivity contribution is -0.148. The molecule has 10 nitrogen and oxygen atoms in total. The number of benzene rings is 2. The van der Waals surface area contributed by atoms with Crippen molar-refractivity contribution in [2.45, 2.75) is 20.3 Å². The molecule has 0 aliphatic carbocycles. The van der Waals surface area contributed by atoms with Gasteiger partial charge in [0.05, 0.1) is 22.6 Å². The van der Waals surface area contributed by atoms with Crippen molar-refractivity contribution in [3.8, 4) is 22.9 Å². The molecule has 4 aromatic rings. The number of hydroxylamine groups is 1. The van der Waals surface area contributed by atoms with E-state index in [1.807, 2.05) is 13.0 Å². The van der Waals surface area contributed by atoms with Gasteiger partial charge in [-0.2, -0.15) is 5.48 Å². The molecule has 2 heterocycles. The second-order valence-corrected chi connectivity index (χ2v) is 8.13. The Labute approximate surface area is 217 Å². The second kappa shape index (κ2) is 11.7. The summed E-state index contributed by atoms with van der Waals surface area (Å²) in [6.07, 6.45) is 3.06. The minimum Gasteiger partial charge on any atom is -0.457 e. The van der Waals surface area contributed by atoms with Crippen molar-refractivity contribution in [1.29, 1.82) is 0 Å². The minimum absolute atomic E-state index is 0.0141. The van der Waals surface area contributed by atoms with Gasteiger partial charge in [-0.15, -0.1) is 0 Å². The summed E-state index contributed by atoms with van der Waals surface area (Å²) in [5, 5.41) is 5.13. The summed E-state index contributed by atoms with van der Waals surface area (Å²) in [7, 11) is 0. The molecular weight excluding hydrogens is 493 g/mol. The Bertz CT molecular complexity index is 1490. The number of rotatable bonds is 7. The average molecular weight is 518 g/mol. The maximum atomic E-state index is 14.7. The van der Waals surface area contributed by atoms with E-state index in [0.717, 1.165) is 11.6 Å². The molecule has 0 spiro atoms. The number of pyridine rings is 1. The number of nitrogens with one attached hydrogen (secondary N) is 4. The number of hydrogen-bond donors (Lipinski definition) is 4. The van der Waals surface area contributed by atoms with Crippen molar-refractivity contribution in [2.24, 2.45) is 0 Å². The Balaban J connectivity index is 1.39. The monoisotopic (exact) mass is 517 g/mol. The lowest BCUT2D eigenvalue weighted by Crippen LogP contribution is -2.26. The fourth-order valence-electron chi connectivity index (χ4n) is 3.33. The predicted molar refractivity (Wildman–Crippen MR) is 138 cm³/mol. The van der Waals surface area contributed by atoms with Gasteiger partial charge in [-0.1, -0.05) is 19.1 Å². The molecule has 2 aromatic carbocycles. The predicted octanol–water partition coefficient (Wildman–Crippen LogP) is 5.56. The fourth-order valence-corrected chi connectivity index (χ4v) is 3.33. The van der Waals surface area contributed by atoms with Gasteiger partial charge in [-0.25, -0.2) is 14.0 Å². The van der Waals surface area contributed by atoms with Crippen molar-refractivity contribution < 1.29 is 28.3 Å². The maximum absolute atomic E-state index is 14.7. The summed E-state index contributed by atoms with van der Waals surface area (Å²) < 4.78 is 20.4. The van der Waals surface area contributed by atoms with Crippen molar-refractivity contribution in [1.82, 2.24) is 15.4 Å². The third kappa shape index (κ3) is 6.72. The number of hydrogen-bond acceptors (Lipinski definition) is 6. The van der Waals surface area contributed by atoms with Crippen LogP contribution in [-0.4, -0.2) is 27.9 Å². The first-order valence-electron chi connectivity index (χ1n) is 11.6. The summed E-state index contributed by atoms with van der Waals surface area (Å²) in [6, 6.07) is 15.4. The summed E-state index contributed by atoms with van der Waals surface area (Å²) in [6.45, 7) is 3.51. The van der Waals surface area contributed by atoms with Gasteiger partial charge >= 0.3 is 12.0 Å². The summed E-state index contributed by atoms with van der Waals surface area (Å²) in [5.41, 5.74) is 4.82. The first-order valence-corrected chi connectivity index (χ1v) is 11.6.